The lowest BCUT2D eigenvalue weighted by Crippen LogP contribution is -2.57. The van der Waals surface area contributed by atoms with Crippen LogP contribution in [0.15, 0.2) is 6.07 Å². The average Bonchev–Trinajstić information content (AvgIpc) is 2.89. The first-order valence-corrected chi connectivity index (χ1v) is 10.0. The summed E-state index contributed by atoms with van der Waals surface area (Å²) in [5.41, 5.74) is -0.675. The van der Waals surface area contributed by atoms with Crippen LogP contribution < -0.4 is 4.90 Å². The molecule has 9 heteroatoms. The maximum atomic E-state index is 14.6. The Kier molecular flexibility index (Phi) is 4.80. The van der Waals surface area contributed by atoms with Gasteiger partial charge in [0.2, 0.25) is 5.28 Å². The molecule has 2 atom stereocenters. The van der Waals surface area contributed by atoms with Gasteiger partial charge in [-0.15, -0.1) is 0 Å². The molecule has 2 fully saturated rings. The number of carbonyl (C=O) groups excluding carboxylic acids is 1. The van der Waals surface area contributed by atoms with Crippen molar-refractivity contribution in [2.24, 2.45) is 0 Å². The Morgan fingerprint density at radius 1 is 1.21 bits per heavy atom. The van der Waals surface area contributed by atoms with Gasteiger partial charge in [-0.05, 0) is 58.2 Å². The van der Waals surface area contributed by atoms with Gasteiger partial charge in [0, 0.05) is 24.0 Å². The maximum Gasteiger partial charge on any atom is 0.410 e. The fraction of sp³-hybridized carbons (Fsp3) is 0.550. The minimum atomic E-state index is -0.735. The number of halogens is 3. The minimum Gasteiger partial charge on any atom is -0.444 e. The first kappa shape index (κ1) is 20.1. The normalized spacial score (nSPS) is 21.8. The smallest absolute Gasteiger partial charge is 0.410 e. The first-order valence-electron chi connectivity index (χ1n) is 9.63. The summed E-state index contributed by atoms with van der Waals surface area (Å²) in [7, 11) is 0. The zero-order valence-corrected chi connectivity index (χ0v) is 17.6. The molecule has 1 aromatic heterocycles. The Morgan fingerprint density at radius 3 is 2.41 bits per heavy atom. The first-order chi connectivity index (χ1) is 13.5. The summed E-state index contributed by atoms with van der Waals surface area (Å²) in [4.78, 5) is 24.6. The molecule has 156 valence electrons. The van der Waals surface area contributed by atoms with E-state index < -0.39 is 17.2 Å². The van der Waals surface area contributed by atoms with Crippen LogP contribution in [-0.2, 0) is 4.74 Å². The van der Waals surface area contributed by atoms with Gasteiger partial charge in [0.1, 0.15) is 22.8 Å². The van der Waals surface area contributed by atoms with Crippen molar-refractivity contribution in [3.8, 4) is 0 Å². The quantitative estimate of drug-likeness (QED) is 0.633. The Balaban J connectivity index is 1.68. The van der Waals surface area contributed by atoms with Gasteiger partial charge in [-0.3, -0.25) is 4.90 Å². The molecule has 2 unspecified atom stereocenters. The van der Waals surface area contributed by atoms with Crippen LogP contribution in [0.2, 0.25) is 5.28 Å². The van der Waals surface area contributed by atoms with E-state index >= 15 is 0 Å². The van der Waals surface area contributed by atoms with Crippen LogP contribution in [0.5, 0.6) is 0 Å². The van der Waals surface area contributed by atoms with Gasteiger partial charge in [-0.2, -0.15) is 4.98 Å². The van der Waals surface area contributed by atoms with Gasteiger partial charge in [0.05, 0.1) is 12.1 Å². The van der Waals surface area contributed by atoms with Crippen molar-refractivity contribution in [1.29, 1.82) is 0 Å². The monoisotopic (exact) mass is 424 g/mol. The second-order valence-electron chi connectivity index (χ2n) is 8.69. The summed E-state index contributed by atoms with van der Waals surface area (Å²) in [6.07, 6.45) is 1.33. The Hall–Kier alpha value is -2.22. The zero-order valence-electron chi connectivity index (χ0n) is 16.8. The van der Waals surface area contributed by atoms with E-state index in [4.69, 9.17) is 16.3 Å². The molecule has 0 saturated carbocycles. The van der Waals surface area contributed by atoms with Gasteiger partial charge >= 0.3 is 6.09 Å². The molecule has 0 spiro atoms. The number of aromatic nitrogens is 2. The van der Waals surface area contributed by atoms with Crippen LogP contribution in [0.25, 0.3) is 10.9 Å². The van der Waals surface area contributed by atoms with Crippen LogP contribution >= 0.6 is 11.6 Å². The number of amides is 1. The van der Waals surface area contributed by atoms with E-state index in [9.17, 15) is 13.6 Å². The highest BCUT2D eigenvalue weighted by Crippen LogP contribution is 2.37. The van der Waals surface area contributed by atoms with Crippen molar-refractivity contribution >= 4 is 34.4 Å². The molecule has 0 radical (unpaired) electrons. The molecular formula is C20H23ClF2N4O2. The molecule has 29 heavy (non-hydrogen) atoms. The van der Waals surface area contributed by atoms with Crippen LogP contribution in [-0.4, -0.2) is 51.7 Å². The average molecular weight is 425 g/mol. The highest BCUT2D eigenvalue weighted by Gasteiger charge is 2.45. The van der Waals surface area contributed by atoms with Crippen LogP contribution in [0.4, 0.5) is 19.4 Å². The van der Waals surface area contributed by atoms with E-state index in [0.29, 0.717) is 18.9 Å². The van der Waals surface area contributed by atoms with Crippen molar-refractivity contribution in [1.82, 2.24) is 14.9 Å². The summed E-state index contributed by atoms with van der Waals surface area (Å²) in [6.45, 7) is 7.83. The van der Waals surface area contributed by atoms with Gasteiger partial charge in [0.15, 0.2) is 5.82 Å². The third kappa shape index (κ3) is 3.58. The summed E-state index contributed by atoms with van der Waals surface area (Å²) in [5, 5.41) is 0.180. The van der Waals surface area contributed by atoms with Crippen molar-refractivity contribution in [2.75, 3.05) is 18.0 Å². The molecule has 4 rings (SSSR count). The van der Waals surface area contributed by atoms with E-state index in [2.05, 4.69) is 9.97 Å². The molecule has 2 saturated heterocycles. The number of benzene rings is 1. The highest BCUT2D eigenvalue weighted by atomic mass is 35.5. The van der Waals surface area contributed by atoms with E-state index in [1.54, 1.807) is 4.90 Å². The standard InChI is InChI=1S/C20H23ClF2N4O2/c1-10-14(22)7-13-16(15(10)23)24-18(21)25-17(13)26-8-11-5-6-12(9-26)27(11)19(28)29-20(2,3)4/h7,11-12H,5-6,8-9H2,1-4H3. The van der Waals surface area contributed by atoms with Crippen LogP contribution in [0.1, 0.15) is 39.2 Å². The number of nitrogens with zero attached hydrogens (tertiary/aromatic N) is 4. The molecule has 1 amide bonds. The molecule has 3 heterocycles. The molecular weight excluding hydrogens is 402 g/mol. The molecule has 0 aliphatic carbocycles. The Morgan fingerprint density at radius 2 is 1.83 bits per heavy atom. The third-order valence-electron chi connectivity index (χ3n) is 5.45. The number of anilines is 1. The lowest BCUT2D eigenvalue weighted by molar-refractivity contribution is 0.0123. The van der Waals surface area contributed by atoms with E-state index in [1.807, 2.05) is 25.7 Å². The number of piperazine rings is 1. The summed E-state index contributed by atoms with van der Waals surface area (Å²) < 4.78 is 34.4. The molecule has 2 aliphatic heterocycles. The number of fused-ring (bicyclic) bond motifs is 3. The topological polar surface area (TPSA) is 58.6 Å². The number of ether oxygens (including phenoxy) is 1. The molecule has 1 aromatic carbocycles. The van der Waals surface area contributed by atoms with Crippen molar-refractivity contribution in [3.05, 3.63) is 28.5 Å². The van der Waals surface area contributed by atoms with Crippen LogP contribution in [0.3, 0.4) is 0 Å². The molecule has 6 nitrogen and oxygen atoms in total. The molecule has 2 aromatic rings. The third-order valence-corrected chi connectivity index (χ3v) is 5.62. The van der Waals surface area contributed by atoms with Gasteiger partial charge < -0.3 is 9.64 Å². The highest BCUT2D eigenvalue weighted by molar-refractivity contribution is 6.28. The predicted octanol–water partition coefficient (Wildman–Crippen LogP) is 4.46. The maximum absolute atomic E-state index is 14.6. The van der Waals surface area contributed by atoms with E-state index in [1.165, 1.54) is 13.0 Å². The lowest BCUT2D eigenvalue weighted by Gasteiger charge is -2.42. The molecule has 0 N–H and O–H groups in total. The SMILES string of the molecule is Cc1c(F)cc2c(N3CC4CCC(C3)N4C(=O)OC(C)(C)C)nc(Cl)nc2c1F. The summed E-state index contributed by atoms with van der Waals surface area (Å²) in [6, 6.07) is 1.13. The zero-order chi connectivity index (χ0) is 21.1. The summed E-state index contributed by atoms with van der Waals surface area (Å²) >= 11 is 6.05. The van der Waals surface area contributed by atoms with Gasteiger partial charge in [-0.25, -0.2) is 18.6 Å². The second kappa shape index (κ2) is 6.93. The predicted molar refractivity (Wildman–Crippen MR) is 106 cm³/mol. The summed E-state index contributed by atoms with van der Waals surface area (Å²) in [5.74, 6) is -1.00. The number of hydrogen-bond donors (Lipinski definition) is 0. The minimum absolute atomic E-state index is 0.000758. The largest absolute Gasteiger partial charge is 0.444 e. The molecule has 2 aliphatic rings. The fourth-order valence-corrected chi connectivity index (χ4v) is 4.34. The lowest BCUT2D eigenvalue weighted by atomic mass is 10.1. The van der Waals surface area contributed by atoms with E-state index in [0.717, 1.165) is 12.8 Å². The number of carbonyl (C=O) groups is 1. The Labute approximate surface area is 172 Å². The van der Waals surface area contributed by atoms with Crippen molar-refractivity contribution in [2.45, 2.75) is 58.2 Å². The van der Waals surface area contributed by atoms with Gasteiger partial charge in [-0.1, -0.05) is 0 Å². The molecule has 2 bridgehead atoms. The number of hydrogen-bond acceptors (Lipinski definition) is 5. The van der Waals surface area contributed by atoms with E-state index in [-0.39, 0.29) is 39.9 Å². The van der Waals surface area contributed by atoms with Crippen LogP contribution in [0, 0.1) is 18.6 Å². The second-order valence-corrected chi connectivity index (χ2v) is 9.03. The van der Waals surface area contributed by atoms with Crippen molar-refractivity contribution < 1.29 is 18.3 Å². The van der Waals surface area contributed by atoms with Gasteiger partial charge in [0.25, 0.3) is 0 Å². The Bertz CT molecular complexity index is 981. The number of rotatable bonds is 1. The fourth-order valence-electron chi connectivity index (χ4n) is 4.18. The van der Waals surface area contributed by atoms with Crippen molar-refractivity contribution in [3.63, 3.8) is 0 Å².